The van der Waals surface area contributed by atoms with E-state index in [1.54, 1.807) is 12.1 Å². The van der Waals surface area contributed by atoms with E-state index < -0.39 is 16.0 Å². The number of aryl methyl sites for hydroxylation is 1. The van der Waals surface area contributed by atoms with Crippen LogP contribution in [0, 0.1) is 0 Å². The van der Waals surface area contributed by atoms with Gasteiger partial charge in [-0.1, -0.05) is 48.0 Å². The van der Waals surface area contributed by atoms with Crippen molar-refractivity contribution in [3.63, 3.8) is 0 Å². The Balaban J connectivity index is 0.00000363. The number of sulfonamides is 1. The molecule has 0 spiro atoms. The van der Waals surface area contributed by atoms with Gasteiger partial charge in [-0.3, -0.25) is 4.79 Å². The number of hydrogen-bond acceptors (Lipinski definition) is 3. The summed E-state index contributed by atoms with van der Waals surface area (Å²) in [4.78, 5) is 10.9. The van der Waals surface area contributed by atoms with Crippen LogP contribution in [0.25, 0.3) is 0 Å². The van der Waals surface area contributed by atoms with Crippen LogP contribution in [0.1, 0.15) is 49.7 Å². The molecule has 0 radical (unpaired) electrons. The minimum absolute atomic E-state index is 0. The number of fused-ring (bicyclic) bond motifs is 1. The van der Waals surface area contributed by atoms with Crippen LogP contribution in [0.2, 0.25) is 5.02 Å². The van der Waals surface area contributed by atoms with Gasteiger partial charge in [0.2, 0.25) is 10.0 Å². The van der Waals surface area contributed by atoms with E-state index in [0.717, 1.165) is 25.7 Å². The van der Waals surface area contributed by atoms with E-state index in [2.05, 4.69) is 22.9 Å². The molecule has 0 saturated heterocycles. The molecular weight excluding hydrogens is 457 g/mol. The van der Waals surface area contributed by atoms with Crippen molar-refractivity contribution < 1.29 is 18.3 Å². The van der Waals surface area contributed by atoms with E-state index in [1.807, 2.05) is 18.2 Å². The van der Waals surface area contributed by atoms with Crippen molar-refractivity contribution in [1.29, 1.82) is 0 Å². The van der Waals surface area contributed by atoms with Crippen LogP contribution in [0.15, 0.2) is 65.6 Å². The van der Waals surface area contributed by atoms with Crippen molar-refractivity contribution >= 4 is 57.2 Å². The Kier molecular flexibility index (Phi) is 10.5. The molecule has 2 N–H and O–H groups in total. The molecule has 0 bridgehead atoms. The van der Waals surface area contributed by atoms with Gasteiger partial charge < -0.3 is 5.11 Å². The second kappa shape index (κ2) is 12.4. The maximum atomic E-state index is 12.6. The first kappa shape index (κ1) is 27.1. The number of nitrogens with one attached hydrogen (secondary N) is 1. The molecule has 0 heterocycles. The summed E-state index contributed by atoms with van der Waals surface area (Å²) in [5, 5.41) is 9.26. The molecule has 2 aromatic rings. The van der Waals surface area contributed by atoms with Crippen LogP contribution in [0.5, 0.6) is 0 Å². The maximum absolute atomic E-state index is 12.6. The number of aliphatic carboxylic acids is 1. The molecule has 1 aliphatic carbocycles. The number of rotatable bonds is 11. The van der Waals surface area contributed by atoms with Crippen molar-refractivity contribution in [3.05, 3.63) is 76.8 Å². The number of benzene rings is 2. The molecule has 1 aliphatic rings. The van der Waals surface area contributed by atoms with Gasteiger partial charge in [-0.25, -0.2) is 13.1 Å². The molecule has 0 aromatic heterocycles. The van der Waals surface area contributed by atoms with E-state index in [9.17, 15) is 13.2 Å². The van der Waals surface area contributed by atoms with Gasteiger partial charge in [0.15, 0.2) is 0 Å². The van der Waals surface area contributed by atoms with E-state index in [4.69, 9.17) is 16.7 Å². The van der Waals surface area contributed by atoms with Crippen molar-refractivity contribution in [2.45, 2.75) is 55.3 Å². The molecule has 8 heteroatoms. The number of carboxylic acid groups (broad SMARTS) is 1. The zero-order valence-corrected chi connectivity index (χ0v) is 19.0. The van der Waals surface area contributed by atoms with E-state index in [1.165, 1.54) is 23.3 Å². The topological polar surface area (TPSA) is 83.5 Å². The molecule has 2 aromatic carbocycles. The zero-order chi connectivity index (χ0) is 22.3. The van der Waals surface area contributed by atoms with E-state index >= 15 is 0 Å². The van der Waals surface area contributed by atoms with Gasteiger partial charge in [0.25, 0.3) is 0 Å². The van der Waals surface area contributed by atoms with Crippen LogP contribution >= 0.6 is 11.6 Å². The van der Waals surface area contributed by atoms with Crippen LogP contribution < -0.4 is 4.72 Å². The fourth-order valence-corrected chi connectivity index (χ4v) is 5.42. The van der Waals surface area contributed by atoms with Crippen molar-refractivity contribution in [1.82, 2.24) is 4.72 Å². The quantitative estimate of drug-likeness (QED) is 0.280. The summed E-state index contributed by atoms with van der Waals surface area (Å²) >= 11 is 5.86. The van der Waals surface area contributed by atoms with Gasteiger partial charge in [-0.15, -0.1) is 0 Å². The Labute approximate surface area is 217 Å². The van der Waals surface area contributed by atoms with Crippen molar-refractivity contribution in [3.8, 4) is 0 Å². The fourth-order valence-electron chi connectivity index (χ4n) is 4.26. The SMILES string of the molecule is O=C(O)CCC/C=C\CC1(CCNS(=O)(=O)c2ccc(Cl)cc2)CCc2ccccc21.[NaH]. The average Bonchev–Trinajstić information content (AvgIpc) is 3.10. The van der Waals surface area contributed by atoms with Crippen LogP contribution in [0.3, 0.4) is 0 Å². The summed E-state index contributed by atoms with van der Waals surface area (Å²) in [6.45, 7) is 0.339. The second-order valence-corrected chi connectivity index (χ2v) is 10.2. The Morgan fingerprint density at radius 3 is 2.56 bits per heavy atom. The van der Waals surface area contributed by atoms with Crippen LogP contribution in [-0.2, 0) is 26.7 Å². The number of carboxylic acids is 1. The zero-order valence-electron chi connectivity index (χ0n) is 17.4. The Morgan fingerprint density at radius 1 is 1.12 bits per heavy atom. The van der Waals surface area contributed by atoms with Gasteiger partial charge in [0, 0.05) is 23.4 Å². The van der Waals surface area contributed by atoms with Gasteiger partial charge in [-0.05, 0) is 73.9 Å². The van der Waals surface area contributed by atoms with Gasteiger partial charge in [-0.2, -0.15) is 0 Å². The molecule has 0 fully saturated rings. The van der Waals surface area contributed by atoms with Crippen molar-refractivity contribution in [2.24, 2.45) is 0 Å². The number of halogens is 1. The Hall–Kier alpha value is -1.15. The summed E-state index contributed by atoms with van der Waals surface area (Å²) < 4.78 is 28.0. The number of allylic oxidation sites excluding steroid dienone is 2. The predicted molar refractivity (Wildman–Crippen MR) is 130 cm³/mol. The molecular formula is C24H29ClNNaO4S. The van der Waals surface area contributed by atoms with E-state index in [0.29, 0.717) is 24.4 Å². The third-order valence-corrected chi connectivity index (χ3v) is 7.65. The molecule has 3 rings (SSSR count). The number of unbranched alkanes of at least 4 members (excludes halogenated alkanes) is 1. The molecule has 1 atom stereocenters. The normalized spacial score (nSPS) is 17.8. The molecule has 32 heavy (non-hydrogen) atoms. The minimum atomic E-state index is -3.60. The third-order valence-electron chi connectivity index (χ3n) is 5.92. The summed E-state index contributed by atoms with van der Waals surface area (Å²) in [6, 6.07) is 14.5. The summed E-state index contributed by atoms with van der Waals surface area (Å²) in [5.41, 5.74) is 2.49. The summed E-state index contributed by atoms with van der Waals surface area (Å²) in [7, 11) is -3.60. The molecule has 5 nitrogen and oxygen atoms in total. The molecule has 1 unspecified atom stereocenters. The molecule has 0 aliphatic heterocycles. The second-order valence-electron chi connectivity index (χ2n) is 8.00. The first-order valence-electron chi connectivity index (χ1n) is 10.5. The Bertz CT molecular complexity index is 1040. The first-order valence-corrected chi connectivity index (χ1v) is 12.4. The average molecular weight is 486 g/mol. The summed E-state index contributed by atoms with van der Waals surface area (Å²) in [5.74, 6) is -0.775. The van der Waals surface area contributed by atoms with Crippen molar-refractivity contribution in [2.75, 3.05) is 6.54 Å². The monoisotopic (exact) mass is 485 g/mol. The van der Waals surface area contributed by atoms with Gasteiger partial charge in [0.1, 0.15) is 0 Å². The molecule has 0 saturated carbocycles. The third kappa shape index (κ3) is 7.17. The van der Waals surface area contributed by atoms with Crippen LogP contribution in [-0.4, -0.2) is 55.6 Å². The van der Waals surface area contributed by atoms with Gasteiger partial charge in [0.05, 0.1) is 4.90 Å². The number of carbonyl (C=O) groups is 1. The van der Waals surface area contributed by atoms with Crippen LogP contribution in [0.4, 0.5) is 0 Å². The molecule has 0 amide bonds. The standard InChI is InChI=1S/C24H28ClNO4S.Na.H/c25-20-10-12-21(13-11-20)31(29,30)26-18-17-24(15-6-2-1-3-9-23(27)28)16-14-19-7-4-5-8-22(19)24;;/h2,4-8,10-13,26H,1,3,9,14-18H2,(H,27,28);;/b6-2-;;. The Morgan fingerprint density at radius 2 is 1.84 bits per heavy atom. The summed E-state index contributed by atoms with van der Waals surface area (Å²) in [6.07, 6.45) is 9.13. The van der Waals surface area contributed by atoms with Gasteiger partial charge >= 0.3 is 35.5 Å². The predicted octanol–water partition coefficient (Wildman–Crippen LogP) is 4.45. The van der Waals surface area contributed by atoms with E-state index in [-0.39, 0.29) is 46.3 Å². The first-order chi connectivity index (χ1) is 14.8. The number of hydrogen-bond donors (Lipinski definition) is 2. The molecule has 168 valence electrons. The fraction of sp³-hybridized carbons (Fsp3) is 0.375.